The molecular weight excluding hydrogens is 413 g/mol. The van der Waals surface area contributed by atoms with E-state index in [1.807, 2.05) is 44.2 Å². The van der Waals surface area contributed by atoms with Crippen molar-refractivity contribution in [3.63, 3.8) is 0 Å². The summed E-state index contributed by atoms with van der Waals surface area (Å²) in [5.74, 6) is -0.585. The molecule has 0 bridgehead atoms. The number of hydrogen-bond acceptors (Lipinski definition) is 5. The minimum atomic E-state index is -1.11. The van der Waals surface area contributed by atoms with E-state index in [9.17, 15) is 14.0 Å². The van der Waals surface area contributed by atoms with Crippen LogP contribution in [0, 0.1) is 6.92 Å². The van der Waals surface area contributed by atoms with Crippen molar-refractivity contribution in [3.05, 3.63) is 65.2 Å². The highest BCUT2D eigenvalue weighted by molar-refractivity contribution is 5.95. The highest BCUT2D eigenvalue weighted by Crippen LogP contribution is 2.25. The summed E-state index contributed by atoms with van der Waals surface area (Å²) in [6.45, 7) is 5.10. The van der Waals surface area contributed by atoms with E-state index < -0.39 is 6.17 Å². The van der Waals surface area contributed by atoms with E-state index in [1.54, 1.807) is 4.68 Å². The molecule has 9 nitrogen and oxygen atoms in total. The molecule has 0 unspecified atom stereocenters. The van der Waals surface area contributed by atoms with E-state index in [0.717, 1.165) is 11.3 Å². The van der Waals surface area contributed by atoms with Crippen LogP contribution in [0.5, 0.6) is 0 Å². The molecule has 32 heavy (non-hydrogen) atoms. The monoisotopic (exact) mass is 439 g/mol. The third kappa shape index (κ3) is 4.53. The second kappa shape index (κ2) is 9.29. The third-order valence-electron chi connectivity index (χ3n) is 5.72. The number of rotatable bonds is 7. The summed E-state index contributed by atoms with van der Waals surface area (Å²) in [7, 11) is 0. The van der Waals surface area contributed by atoms with E-state index in [-0.39, 0.29) is 43.1 Å². The van der Waals surface area contributed by atoms with E-state index in [0.29, 0.717) is 18.7 Å². The Bertz CT molecular complexity index is 1090. The number of carbonyl (C=O) groups is 2. The Balaban J connectivity index is 1.41. The first-order chi connectivity index (χ1) is 15.5. The molecule has 1 saturated heterocycles. The van der Waals surface area contributed by atoms with Crippen LogP contribution < -0.4 is 5.32 Å². The number of benzene rings is 1. The van der Waals surface area contributed by atoms with Crippen molar-refractivity contribution in [1.82, 2.24) is 35.0 Å². The number of nitrogens with zero attached hydrogens (tertiary/aromatic N) is 6. The molecule has 0 spiro atoms. The summed E-state index contributed by atoms with van der Waals surface area (Å²) >= 11 is 0. The summed E-state index contributed by atoms with van der Waals surface area (Å²) in [6, 6.07) is 9.17. The van der Waals surface area contributed by atoms with E-state index in [1.165, 1.54) is 22.0 Å². The lowest BCUT2D eigenvalue weighted by Crippen LogP contribution is -2.38. The van der Waals surface area contributed by atoms with Crippen molar-refractivity contribution in [2.45, 2.75) is 52.1 Å². The molecule has 0 aliphatic carbocycles. The molecule has 168 valence electrons. The Morgan fingerprint density at radius 3 is 2.75 bits per heavy atom. The number of aryl methyl sites for hydroxylation is 1. The largest absolute Gasteiger partial charge is 0.347 e. The number of likely N-dealkylation sites (tertiary alicyclic amines) is 1. The number of aromatic nitrogens is 5. The van der Waals surface area contributed by atoms with Gasteiger partial charge in [-0.3, -0.25) is 14.3 Å². The zero-order valence-electron chi connectivity index (χ0n) is 18.1. The fourth-order valence-corrected chi connectivity index (χ4v) is 3.99. The quantitative estimate of drug-likeness (QED) is 0.607. The van der Waals surface area contributed by atoms with Gasteiger partial charge in [-0.15, -0.1) is 5.10 Å². The Hall–Kier alpha value is -3.56. The topological polar surface area (TPSA) is 97.9 Å². The van der Waals surface area contributed by atoms with Crippen LogP contribution in [0.1, 0.15) is 45.4 Å². The third-order valence-corrected chi connectivity index (χ3v) is 5.72. The molecule has 1 aromatic carbocycles. The van der Waals surface area contributed by atoms with Gasteiger partial charge in [0.2, 0.25) is 0 Å². The van der Waals surface area contributed by atoms with Crippen LogP contribution in [-0.4, -0.2) is 60.2 Å². The summed E-state index contributed by atoms with van der Waals surface area (Å²) < 4.78 is 17.5. The number of alkyl halides is 1. The lowest BCUT2D eigenvalue weighted by Gasteiger charge is -2.24. The second-order valence-electron chi connectivity index (χ2n) is 7.90. The molecule has 1 fully saturated rings. The van der Waals surface area contributed by atoms with Gasteiger partial charge in [0.15, 0.2) is 5.69 Å². The first kappa shape index (κ1) is 21.7. The molecule has 2 aromatic heterocycles. The fraction of sp³-hybridized carbons (Fsp3) is 0.409. The van der Waals surface area contributed by atoms with Gasteiger partial charge in [0.1, 0.15) is 6.17 Å². The van der Waals surface area contributed by atoms with Gasteiger partial charge >= 0.3 is 0 Å². The van der Waals surface area contributed by atoms with Crippen molar-refractivity contribution in [2.75, 3.05) is 6.54 Å². The molecule has 2 atom stereocenters. The smallest absolute Gasteiger partial charge is 0.273 e. The van der Waals surface area contributed by atoms with Crippen molar-refractivity contribution in [1.29, 1.82) is 0 Å². The van der Waals surface area contributed by atoms with Gasteiger partial charge < -0.3 is 10.2 Å². The first-order valence-corrected chi connectivity index (χ1v) is 10.7. The van der Waals surface area contributed by atoms with Gasteiger partial charge in [-0.05, 0) is 19.4 Å². The van der Waals surface area contributed by atoms with Crippen LogP contribution in [0.4, 0.5) is 4.39 Å². The van der Waals surface area contributed by atoms with Crippen LogP contribution in [0.15, 0.2) is 42.7 Å². The van der Waals surface area contributed by atoms with Crippen LogP contribution >= 0.6 is 0 Å². The zero-order chi connectivity index (χ0) is 22.7. The molecule has 0 radical (unpaired) electrons. The maximum Gasteiger partial charge on any atom is 0.273 e. The molecule has 3 heterocycles. The summed E-state index contributed by atoms with van der Waals surface area (Å²) in [4.78, 5) is 27.0. The molecule has 1 aliphatic rings. The normalized spacial score (nSPS) is 18.2. The van der Waals surface area contributed by atoms with E-state index in [4.69, 9.17) is 0 Å². The van der Waals surface area contributed by atoms with Gasteiger partial charge in [-0.25, -0.2) is 9.07 Å². The van der Waals surface area contributed by atoms with Gasteiger partial charge in [-0.1, -0.05) is 35.5 Å². The number of carbonyl (C=O) groups excluding carboxylic acids is 2. The lowest BCUT2D eigenvalue weighted by atomic mass is 10.2. The van der Waals surface area contributed by atoms with Gasteiger partial charge in [-0.2, -0.15) is 5.10 Å². The summed E-state index contributed by atoms with van der Waals surface area (Å²) in [5.41, 5.74) is 2.39. The average Bonchev–Trinajstić information content (AvgIpc) is 3.51. The second-order valence-corrected chi connectivity index (χ2v) is 7.90. The Morgan fingerprint density at radius 1 is 1.25 bits per heavy atom. The van der Waals surface area contributed by atoms with Gasteiger partial charge in [0.05, 0.1) is 37.1 Å². The highest BCUT2D eigenvalue weighted by Gasteiger charge is 2.37. The minimum Gasteiger partial charge on any atom is -0.347 e. The van der Waals surface area contributed by atoms with Crippen LogP contribution in [0.3, 0.4) is 0 Å². The predicted octanol–water partition coefficient (Wildman–Crippen LogP) is 1.99. The Kier molecular flexibility index (Phi) is 6.29. The number of amides is 2. The molecule has 10 heteroatoms. The lowest BCUT2D eigenvalue weighted by molar-refractivity contribution is 0.0713. The number of hydrogen-bond donors (Lipinski definition) is 1. The van der Waals surface area contributed by atoms with Gasteiger partial charge in [0.25, 0.3) is 11.8 Å². The Labute approximate surface area is 185 Å². The summed E-state index contributed by atoms with van der Waals surface area (Å²) in [6.07, 6.45) is 2.16. The maximum absolute atomic E-state index is 14.2. The van der Waals surface area contributed by atoms with Crippen LogP contribution in [0.25, 0.3) is 0 Å². The van der Waals surface area contributed by atoms with Crippen molar-refractivity contribution >= 4 is 11.8 Å². The maximum atomic E-state index is 14.2. The van der Waals surface area contributed by atoms with Crippen molar-refractivity contribution in [3.8, 4) is 0 Å². The predicted molar refractivity (Wildman–Crippen MR) is 115 cm³/mol. The highest BCUT2D eigenvalue weighted by atomic mass is 19.1. The Morgan fingerprint density at radius 2 is 2.03 bits per heavy atom. The number of nitrogens with one attached hydrogen (secondary N) is 1. The van der Waals surface area contributed by atoms with Crippen LogP contribution in [-0.2, 0) is 19.6 Å². The van der Waals surface area contributed by atoms with Crippen LogP contribution in [0.2, 0.25) is 0 Å². The van der Waals surface area contributed by atoms with E-state index in [2.05, 4.69) is 20.7 Å². The summed E-state index contributed by atoms with van der Waals surface area (Å²) in [5, 5.41) is 15.0. The molecule has 0 saturated carbocycles. The number of halogens is 1. The SMILES string of the molecule is CCn1ncc(C(=O)N2C[C@@H](F)C[C@H]2Cn2cc(C(=O)NCc3ccccc3)nn2)c1C. The molecular formula is C22H26FN7O2. The van der Waals surface area contributed by atoms with E-state index >= 15 is 0 Å². The van der Waals surface area contributed by atoms with Crippen molar-refractivity contribution < 1.29 is 14.0 Å². The van der Waals surface area contributed by atoms with Crippen molar-refractivity contribution in [2.24, 2.45) is 0 Å². The molecule has 4 rings (SSSR count). The minimum absolute atomic E-state index is 0.0271. The standard InChI is InChI=1S/C22H26FN7O2/c1-3-30-15(2)19(11-25-30)22(32)29-12-17(23)9-18(29)13-28-14-20(26-27-28)21(31)24-10-16-7-5-4-6-8-16/h4-8,11,14,17-18H,3,9-10,12-13H2,1-2H3,(H,24,31)/t17-,18-/m0/s1. The first-order valence-electron chi connectivity index (χ1n) is 10.7. The zero-order valence-corrected chi connectivity index (χ0v) is 18.1. The fourth-order valence-electron chi connectivity index (χ4n) is 3.99. The molecule has 3 aromatic rings. The van der Waals surface area contributed by atoms with Gasteiger partial charge in [0, 0.05) is 25.2 Å². The molecule has 1 N–H and O–H groups in total. The molecule has 1 aliphatic heterocycles. The average molecular weight is 439 g/mol. The molecule has 2 amide bonds.